The lowest BCUT2D eigenvalue weighted by molar-refractivity contribution is -0.790. The van der Waals surface area contributed by atoms with Gasteiger partial charge in [-0.2, -0.15) is 0 Å². The van der Waals surface area contributed by atoms with Crippen LogP contribution in [0, 0.1) is 25.6 Å². The number of carbonyl (C=O) groups is 3. The van der Waals surface area contributed by atoms with Crippen LogP contribution in [0.5, 0.6) is 0 Å². The van der Waals surface area contributed by atoms with Gasteiger partial charge < -0.3 is 34.3 Å². The Hall–Kier alpha value is -3.43. The summed E-state index contributed by atoms with van der Waals surface area (Å²) in [6.07, 6.45) is 0.300. The van der Waals surface area contributed by atoms with E-state index in [1.807, 2.05) is 0 Å². The second-order valence-electron chi connectivity index (χ2n) is 7.43. The molecule has 0 aromatic heterocycles. The monoisotopic (exact) mass is 481 g/mol. The molecule has 1 rings (SSSR count). The van der Waals surface area contributed by atoms with Gasteiger partial charge in [0.15, 0.2) is 6.10 Å². The van der Waals surface area contributed by atoms with Crippen molar-refractivity contribution in [1.29, 1.82) is 0 Å². The molecule has 1 saturated carbocycles. The molecule has 0 aromatic rings. The van der Waals surface area contributed by atoms with Crippen molar-refractivity contribution in [2.24, 2.45) is 5.41 Å². The minimum absolute atomic E-state index is 0.0803. The number of amides is 1. The van der Waals surface area contributed by atoms with E-state index in [-0.39, 0.29) is 13.0 Å². The fourth-order valence-corrected chi connectivity index (χ4v) is 3.38. The number of hydrogen-bond acceptors (Lipinski definition) is 12. The molecule has 0 bridgehead atoms. The van der Waals surface area contributed by atoms with Gasteiger partial charge in [-0.15, -0.1) is 20.2 Å². The number of nitrogens with zero attached hydrogens (tertiary/aromatic N) is 2. The molecular formula is C17H27N3O13. The van der Waals surface area contributed by atoms with Crippen LogP contribution in [0.25, 0.3) is 0 Å². The molecule has 1 aliphatic carbocycles. The minimum Gasteiger partial charge on any atom is -0.481 e. The minimum atomic E-state index is -1.46. The quantitative estimate of drug-likeness (QED) is 0.143. The molecule has 1 aliphatic rings. The van der Waals surface area contributed by atoms with Gasteiger partial charge in [0, 0.05) is 13.5 Å². The zero-order valence-electron chi connectivity index (χ0n) is 18.0. The molecule has 1 fully saturated rings. The van der Waals surface area contributed by atoms with E-state index in [2.05, 4.69) is 15.0 Å². The summed E-state index contributed by atoms with van der Waals surface area (Å²) < 4.78 is 14.6. The molecule has 16 heteroatoms. The van der Waals surface area contributed by atoms with Crippen molar-refractivity contribution in [2.75, 3.05) is 26.4 Å². The molecule has 0 heterocycles. The Balaban J connectivity index is 2.36. The van der Waals surface area contributed by atoms with Crippen molar-refractivity contribution in [3.8, 4) is 0 Å². The maximum atomic E-state index is 12.0. The standard InChI is InChI=1S/C17H27N3O13/c1-12(31-15(23)10-29-8-13(33-20(27)28)9-30-19(25)26)32-16(24)18-11-17(7-14(21)22)5-3-2-4-6-17/h12-13H,2-11H2,1H3,(H,18,24)(H,21,22)/t12?,13-/m0/s1. The zero-order valence-corrected chi connectivity index (χ0v) is 18.0. The maximum Gasteiger partial charge on any atom is 0.410 e. The average Bonchev–Trinajstić information content (AvgIpc) is 2.70. The number of hydrogen-bond donors (Lipinski definition) is 2. The van der Waals surface area contributed by atoms with Gasteiger partial charge in [0.2, 0.25) is 6.29 Å². The summed E-state index contributed by atoms with van der Waals surface area (Å²) >= 11 is 0. The molecule has 1 amide bonds. The second kappa shape index (κ2) is 13.9. The number of ether oxygens (including phenoxy) is 3. The Labute approximate surface area is 187 Å². The largest absolute Gasteiger partial charge is 0.481 e. The molecule has 0 aliphatic heterocycles. The summed E-state index contributed by atoms with van der Waals surface area (Å²) in [5.41, 5.74) is -0.557. The van der Waals surface area contributed by atoms with Crippen molar-refractivity contribution in [2.45, 2.75) is 57.8 Å². The Morgan fingerprint density at radius 3 is 2.30 bits per heavy atom. The third-order valence-corrected chi connectivity index (χ3v) is 4.74. The molecule has 0 aromatic carbocycles. The zero-order chi connectivity index (χ0) is 24.9. The highest BCUT2D eigenvalue weighted by molar-refractivity contribution is 5.71. The number of esters is 1. The SMILES string of the molecule is CC(OC(=O)COC[C@@H](CO[N+](=O)[O-])O[N+](=O)[O-])OC(=O)NCC1(CC(=O)O)CCCCC1. The maximum absolute atomic E-state index is 12.0. The van der Waals surface area contributed by atoms with Gasteiger partial charge >= 0.3 is 18.0 Å². The van der Waals surface area contributed by atoms with Gasteiger partial charge in [0.05, 0.1) is 13.0 Å². The normalized spacial score (nSPS) is 16.5. The summed E-state index contributed by atoms with van der Waals surface area (Å²) in [7, 11) is 0. The fourth-order valence-electron chi connectivity index (χ4n) is 3.38. The van der Waals surface area contributed by atoms with E-state index in [9.17, 15) is 34.6 Å². The molecular weight excluding hydrogens is 454 g/mol. The van der Waals surface area contributed by atoms with Gasteiger partial charge in [-0.3, -0.25) is 4.79 Å². The molecule has 2 N–H and O–H groups in total. The highest BCUT2D eigenvalue weighted by Gasteiger charge is 2.35. The summed E-state index contributed by atoms with van der Waals surface area (Å²) in [6.45, 7) is -0.745. The van der Waals surface area contributed by atoms with Crippen LogP contribution in [0.1, 0.15) is 45.4 Å². The first-order valence-electron chi connectivity index (χ1n) is 10.0. The van der Waals surface area contributed by atoms with Gasteiger partial charge in [-0.25, -0.2) is 9.59 Å². The number of rotatable bonds is 15. The van der Waals surface area contributed by atoms with Crippen LogP contribution in [0.4, 0.5) is 4.79 Å². The molecule has 0 radical (unpaired) electrons. The Morgan fingerprint density at radius 2 is 1.73 bits per heavy atom. The van der Waals surface area contributed by atoms with Crippen molar-refractivity contribution < 1.29 is 53.5 Å². The summed E-state index contributed by atoms with van der Waals surface area (Å²) in [5.74, 6) is -1.94. The molecule has 0 spiro atoms. The Bertz CT molecular complexity index is 696. The van der Waals surface area contributed by atoms with Crippen LogP contribution in [-0.2, 0) is 33.5 Å². The molecule has 0 saturated heterocycles. The summed E-state index contributed by atoms with van der Waals surface area (Å²) in [5, 5.41) is 29.8. The molecule has 1 unspecified atom stereocenters. The summed E-state index contributed by atoms with van der Waals surface area (Å²) in [6, 6.07) is 0. The van der Waals surface area contributed by atoms with E-state index >= 15 is 0 Å². The highest BCUT2D eigenvalue weighted by atomic mass is 17.0. The van der Waals surface area contributed by atoms with E-state index in [1.165, 1.54) is 6.92 Å². The summed E-state index contributed by atoms with van der Waals surface area (Å²) in [4.78, 5) is 63.5. The van der Waals surface area contributed by atoms with Crippen molar-refractivity contribution in [3.63, 3.8) is 0 Å². The number of carboxylic acid groups (broad SMARTS) is 1. The van der Waals surface area contributed by atoms with Crippen molar-refractivity contribution in [1.82, 2.24) is 5.32 Å². The lowest BCUT2D eigenvalue weighted by atomic mass is 9.72. The van der Waals surface area contributed by atoms with E-state index in [1.54, 1.807) is 0 Å². The molecule has 16 nitrogen and oxygen atoms in total. The van der Waals surface area contributed by atoms with Crippen LogP contribution < -0.4 is 5.32 Å². The Morgan fingerprint density at radius 1 is 1.06 bits per heavy atom. The van der Waals surface area contributed by atoms with Crippen LogP contribution in [0.15, 0.2) is 0 Å². The van der Waals surface area contributed by atoms with Gasteiger partial charge in [-0.05, 0) is 18.3 Å². The first-order chi connectivity index (χ1) is 15.5. The van der Waals surface area contributed by atoms with Crippen LogP contribution >= 0.6 is 0 Å². The first-order valence-corrected chi connectivity index (χ1v) is 10.0. The number of carbonyl (C=O) groups excluding carboxylic acids is 2. The van der Waals surface area contributed by atoms with Gasteiger partial charge in [-0.1, -0.05) is 19.3 Å². The highest BCUT2D eigenvalue weighted by Crippen LogP contribution is 2.38. The van der Waals surface area contributed by atoms with Crippen LogP contribution in [0.2, 0.25) is 0 Å². The molecule has 33 heavy (non-hydrogen) atoms. The second-order valence-corrected chi connectivity index (χ2v) is 7.43. The average molecular weight is 481 g/mol. The van der Waals surface area contributed by atoms with Crippen molar-refractivity contribution >= 4 is 18.0 Å². The lowest BCUT2D eigenvalue weighted by Crippen LogP contribution is -2.41. The lowest BCUT2D eigenvalue weighted by Gasteiger charge is -2.36. The van der Waals surface area contributed by atoms with Gasteiger partial charge in [0.25, 0.3) is 10.2 Å². The molecule has 188 valence electrons. The van der Waals surface area contributed by atoms with E-state index in [0.717, 1.165) is 19.3 Å². The third-order valence-electron chi connectivity index (χ3n) is 4.74. The van der Waals surface area contributed by atoms with Crippen molar-refractivity contribution in [3.05, 3.63) is 20.2 Å². The fraction of sp³-hybridized carbons (Fsp3) is 0.824. The predicted octanol–water partition coefficient (Wildman–Crippen LogP) is 0.829. The first kappa shape index (κ1) is 27.6. The number of carboxylic acids is 1. The van der Waals surface area contributed by atoms with Gasteiger partial charge in [0.1, 0.15) is 13.2 Å². The number of alkyl carbamates (subject to hydrolysis) is 1. The smallest absolute Gasteiger partial charge is 0.410 e. The van der Waals surface area contributed by atoms with E-state index < -0.39 is 65.8 Å². The van der Waals surface area contributed by atoms with E-state index in [4.69, 9.17) is 19.3 Å². The predicted molar refractivity (Wildman–Crippen MR) is 103 cm³/mol. The van der Waals surface area contributed by atoms with Crippen LogP contribution in [0.3, 0.4) is 0 Å². The molecule has 2 atom stereocenters. The number of aliphatic carboxylic acids is 1. The topological polar surface area (TPSA) is 216 Å². The van der Waals surface area contributed by atoms with E-state index in [0.29, 0.717) is 12.8 Å². The third kappa shape index (κ3) is 12.3. The Kier molecular flexibility index (Phi) is 11.6. The van der Waals surface area contributed by atoms with Crippen LogP contribution in [-0.4, -0.2) is 72.1 Å². The number of nitrogens with one attached hydrogen (secondary N) is 1.